The van der Waals surface area contributed by atoms with Crippen LogP contribution in [0, 0.1) is 0 Å². The maximum absolute atomic E-state index is 11.0. The normalized spacial score (nSPS) is 13.1. The number of methoxy groups -OCH3 is 1. The Morgan fingerprint density at radius 3 is 2.67 bits per heavy atom. The summed E-state index contributed by atoms with van der Waals surface area (Å²) in [7, 11) is -1.94. The Labute approximate surface area is 123 Å². The summed E-state index contributed by atoms with van der Waals surface area (Å²) in [4.78, 5) is 4.35. The first-order valence-corrected chi connectivity index (χ1v) is 8.15. The second-order valence-corrected chi connectivity index (χ2v) is 6.24. The van der Waals surface area contributed by atoms with Crippen LogP contribution in [0.1, 0.15) is 6.92 Å². The molecule has 0 aliphatic rings. The summed E-state index contributed by atoms with van der Waals surface area (Å²) >= 11 is 0. The molecule has 0 N–H and O–H groups in total. The highest BCUT2D eigenvalue weighted by atomic mass is 32.2. The molecule has 0 saturated carbocycles. The van der Waals surface area contributed by atoms with Gasteiger partial charge in [-0.3, -0.25) is 4.18 Å². The van der Waals surface area contributed by atoms with Crippen molar-refractivity contribution in [1.82, 2.24) is 4.98 Å². The van der Waals surface area contributed by atoms with Gasteiger partial charge in [-0.25, -0.2) is 4.98 Å². The van der Waals surface area contributed by atoms with Gasteiger partial charge in [-0.1, -0.05) is 12.1 Å². The van der Waals surface area contributed by atoms with E-state index in [1.165, 1.54) is 0 Å². The van der Waals surface area contributed by atoms with Crippen molar-refractivity contribution in [3.05, 3.63) is 30.3 Å². The predicted molar refractivity (Wildman–Crippen MR) is 79.2 cm³/mol. The summed E-state index contributed by atoms with van der Waals surface area (Å²) in [5, 5.41) is 0.907. The molecule has 2 rings (SSSR count). The van der Waals surface area contributed by atoms with Crippen LogP contribution in [0.15, 0.2) is 30.3 Å². The van der Waals surface area contributed by atoms with Crippen molar-refractivity contribution in [3.63, 3.8) is 0 Å². The third-order valence-electron chi connectivity index (χ3n) is 2.71. The number of benzene rings is 1. The monoisotopic (exact) mass is 311 g/mol. The maximum atomic E-state index is 11.0. The van der Waals surface area contributed by atoms with Gasteiger partial charge < -0.3 is 9.47 Å². The summed E-state index contributed by atoms with van der Waals surface area (Å²) in [5.41, 5.74) is 0.656. The molecule has 1 atom stereocenters. The number of fused-ring (bicyclic) bond motifs is 1. The molecule has 0 spiro atoms. The molecule has 1 heterocycles. The first kappa shape index (κ1) is 15.5. The standard InChI is InChI=1S/C14H17NO5S/c1-10(9-19-21(3,16)17)20-12-6-4-5-11-7-8-13(18-2)15-14(11)12/h4-8,10H,9H2,1-3H3. The van der Waals surface area contributed by atoms with Crippen molar-refractivity contribution in [2.45, 2.75) is 13.0 Å². The van der Waals surface area contributed by atoms with E-state index >= 15 is 0 Å². The van der Waals surface area contributed by atoms with E-state index in [0.29, 0.717) is 17.1 Å². The summed E-state index contributed by atoms with van der Waals surface area (Å²) in [5.74, 6) is 1.04. The molecule has 0 amide bonds. The van der Waals surface area contributed by atoms with Crippen LogP contribution in [0.4, 0.5) is 0 Å². The summed E-state index contributed by atoms with van der Waals surface area (Å²) in [6.45, 7) is 1.67. The van der Waals surface area contributed by atoms with E-state index in [2.05, 4.69) is 4.98 Å². The average molecular weight is 311 g/mol. The van der Waals surface area contributed by atoms with Gasteiger partial charge in [0.2, 0.25) is 5.88 Å². The number of hydrogen-bond acceptors (Lipinski definition) is 6. The molecule has 0 bridgehead atoms. The second kappa shape index (κ2) is 6.28. The molecule has 1 aromatic heterocycles. The van der Waals surface area contributed by atoms with E-state index < -0.39 is 16.2 Å². The lowest BCUT2D eigenvalue weighted by molar-refractivity contribution is 0.149. The number of aromatic nitrogens is 1. The number of ether oxygens (including phenoxy) is 2. The Bertz CT molecular complexity index is 729. The van der Waals surface area contributed by atoms with Crippen molar-refractivity contribution >= 4 is 21.0 Å². The molecule has 114 valence electrons. The fourth-order valence-corrected chi connectivity index (χ4v) is 2.22. The molecule has 21 heavy (non-hydrogen) atoms. The lowest BCUT2D eigenvalue weighted by Gasteiger charge is -2.15. The first-order valence-electron chi connectivity index (χ1n) is 6.34. The van der Waals surface area contributed by atoms with Crippen LogP contribution >= 0.6 is 0 Å². The molecule has 2 aromatic rings. The molecule has 1 unspecified atom stereocenters. The Hall–Kier alpha value is -1.86. The Balaban J connectivity index is 2.21. The van der Waals surface area contributed by atoms with E-state index in [1.54, 1.807) is 26.2 Å². The SMILES string of the molecule is COc1ccc2cccc(OC(C)COS(C)(=O)=O)c2n1. The number of rotatable bonds is 6. The number of para-hydroxylation sites is 1. The van der Waals surface area contributed by atoms with Gasteiger partial charge in [0.25, 0.3) is 10.1 Å². The van der Waals surface area contributed by atoms with E-state index in [4.69, 9.17) is 13.7 Å². The van der Waals surface area contributed by atoms with E-state index in [1.807, 2.05) is 18.2 Å². The van der Waals surface area contributed by atoms with Gasteiger partial charge in [-0.2, -0.15) is 8.42 Å². The van der Waals surface area contributed by atoms with Crippen LogP contribution in [0.2, 0.25) is 0 Å². The lowest BCUT2D eigenvalue weighted by atomic mass is 10.2. The van der Waals surface area contributed by atoms with E-state index in [-0.39, 0.29) is 6.61 Å². The molecular weight excluding hydrogens is 294 g/mol. The summed E-state index contributed by atoms with van der Waals surface area (Å²) < 4.78 is 37.5. The molecule has 7 heteroatoms. The van der Waals surface area contributed by atoms with Gasteiger partial charge in [0.1, 0.15) is 24.0 Å². The van der Waals surface area contributed by atoms with Crippen LogP contribution in [-0.4, -0.2) is 39.5 Å². The predicted octanol–water partition coefficient (Wildman–Crippen LogP) is 1.99. The number of hydrogen-bond donors (Lipinski definition) is 0. The van der Waals surface area contributed by atoms with Crippen molar-refractivity contribution < 1.29 is 22.1 Å². The van der Waals surface area contributed by atoms with E-state index in [0.717, 1.165) is 11.6 Å². The summed E-state index contributed by atoms with van der Waals surface area (Å²) in [6.07, 6.45) is 0.572. The highest BCUT2D eigenvalue weighted by Gasteiger charge is 2.12. The maximum Gasteiger partial charge on any atom is 0.264 e. The van der Waals surface area contributed by atoms with Gasteiger partial charge in [0.15, 0.2) is 0 Å². The number of nitrogens with zero attached hydrogens (tertiary/aromatic N) is 1. The molecule has 0 aliphatic heterocycles. The molecule has 0 saturated heterocycles. The van der Waals surface area contributed by atoms with Crippen LogP contribution in [0.5, 0.6) is 11.6 Å². The fraction of sp³-hybridized carbons (Fsp3) is 0.357. The zero-order valence-corrected chi connectivity index (χ0v) is 12.9. The summed E-state index contributed by atoms with van der Waals surface area (Å²) in [6, 6.07) is 9.17. The molecule has 1 aromatic carbocycles. The smallest absolute Gasteiger partial charge is 0.264 e. The lowest BCUT2D eigenvalue weighted by Crippen LogP contribution is -2.21. The van der Waals surface area contributed by atoms with Gasteiger partial charge >= 0.3 is 0 Å². The third kappa shape index (κ3) is 4.30. The molecule has 0 fully saturated rings. The minimum Gasteiger partial charge on any atom is -0.486 e. The highest BCUT2D eigenvalue weighted by molar-refractivity contribution is 7.85. The third-order valence-corrected chi connectivity index (χ3v) is 3.28. The topological polar surface area (TPSA) is 74.7 Å². The van der Waals surface area contributed by atoms with Crippen molar-refractivity contribution in [3.8, 4) is 11.6 Å². The Morgan fingerprint density at radius 2 is 2.00 bits per heavy atom. The molecule has 0 aliphatic carbocycles. The van der Waals surface area contributed by atoms with Gasteiger partial charge in [0, 0.05) is 11.5 Å². The van der Waals surface area contributed by atoms with Crippen LogP contribution in [-0.2, 0) is 14.3 Å². The Kier molecular flexibility index (Phi) is 4.64. The zero-order valence-electron chi connectivity index (χ0n) is 12.1. The molecule has 6 nitrogen and oxygen atoms in total. The Morgan fingerprint density at radius 1 is 1.24 bits per heavy atom. The van der Waals surface area contributed by atoms with Crippen molar-refractivity contribution in [2.24, 2.45) is 0 Å². The van der Waals surface area contributed by atoms with Crippen LogP contribution in [0.25, 0.3) is 10.9 Å². The van der Waals surface area contributed by atoms with Crippen molar-refractivity contribution in [1.29, 1.82) is 0 Å². The van der Waals surface area contributed by atoms with Crippen molar-refractivity contribution in [2.75, 3.05) is 20.0 Å². The van der Waals surface area contributed by atoms with Gasteiger partial charge in [0.05, 0.1) is 13.4 Å². The van der Waals surface area contributed by atoms with Gasteiger partial charge in [-0.05, 0) is 19.1 Å². The highest BCUT2D eigenvalue weighted by Crippen LogP contribution is 2.26. The minimum absolute atomic E-state index is 0.0564. The zero-order chi connectivity index (χ0) is 15.5. The largest absolute Gasteiger partial charge is 0.486 e. The average Bonchev–Trinajstić information content (AvgIpc) is 2.44. The van der Waals surface area contributed by atoms with Crippen LogP contribution in [0.3, 0.4) is 0 Å². The fourth-order valence-electron chi connectivity index (χ4n) is 1.78. The minimum atomic E-state index is -3.48. The number of pyridine rings is 1. The van der Waals surface area contributed by atoms with Crippen LogP contribution < -0.4 is 9.47 Å². The first-order chi connectivity index (χ1) is 9.89. The van der Waals surface area contributed by atoms with E-state index in [9.17, 15) is 8.42 Å². The molecule has 0 radical (unpaired) electrons. The second-order valence-electron chi connectivity index (χ2n) is 4.60. The van der Waals surface area contributed by atoms with Gasteiger partial charge in [-0.15, -0.1) is 0 Å². The quantitative estimate of drug-likeness (QED) is 0.760. The molecular formula is C14H17NO5S.